The average molecular weight is 359 g/mol. The van der Waals surface area contributed by atoms with E-state index in [0.29, 0.717) is 0 Å². The lowest BCUT2D eigenvalue weighted by Gasteiger charge is -2.38. The van der Waals surface area contributed by atoms with Crippen LogP contribution >= 0.6 is 23.4 Å². The molecule has 0 saturated carbocycles. The lowest BCUT2D eigenvalue weighted by molar-refractivity contribution is -0.0180. The van der Waals surface area contributed by atoms with E-state index in [2.05, 4.69) is 29.5 Å². The SMILES string of the molecule is CSCC[C@H]1Oc2ccccc2[C@@H]2CC(c3ccc(Cl)cc3)=NN12. The molecule has 124 valence electrons. The van der Waals surface area contributed by atoms with Crippen molar-refractivity contribution in [2.24, 2.45) is 5.10 Å². The van der Waals surface area contributed by atoms with Crippen LogP contribution in [0.15, 0.2) is 53.6 Å². The summed E-state index contributed by atoms with van der Waals surface area (Å²) in [6.45, 7) is 0. The minimum absolute atomic E-state index is 0.00199. The van der Waals surface area contributed by atoms with Gasteiger partial charge in [0.1, 0.15) is 5.75 Å². The van der Waals surface area contributed by atoms with Gasteiger partial charge in [-0.3, -0.25) is 5.01 Å². The van der Waals surface area contributed by atoms with E-state index in [1.165, 1.54) is 5.56 Å². The second-order valence-electron chi connectivity index (χ2n) is 6.05. The van der Waals surface area contributed by atoms with Crippen LogP contribution in [0.3, 0.4) is 0 Å². The number of ether oxygens (including phenoxy) is 1. The summed E-state index contributed by atoms with van der Waals surface area (Å²) in [5.74, 6) is 2.05. The first-order valence-corrected chi connectivity index (χ1v) is 9.89. The molecule has 3 nitrogen and oxygen atoms in total. The highest BCUT2D eigenvalue weighted by molar-refractivity contribution is 7.98. The van der Waals surface area contributed by atoms with Gasteiger partial charge >= 0.3 is 0 Å². The zero-order chi connectivity index (χ0) is 16.5. The number of hydrogen-bond acceptors (Lipinski definition) is 4. The Balaban J connectivity index is 1.68. The van der Waals surface area contributed by atoms with Gasteiger partial charge in [-0.25, -0.2) is 0 Å². The van der Waals surface area contributed by atoms with Crippen LogP contribution in [0.4, 0.5) is 0 Å². The number of rotatable bonds is 4. The van der Waals surface area contributed by atoms with Gasteiger partial charge in [0, 0.05) is 23.4 Å². The highest BCUT2D eigenvalue weighted by Crippen LogP contribution is 2.43. The van der Waals surface area contributed by atoms with E-state index in [1.54, 1.807) is 0 Å². The van der Waals surface area contributed by atoms with E-state index in [0.717, 1.165) is 40.6 Å². The minimum Gasteiger partial charge on any atom is -0.469 e. The minimum atomic E-state index is 0.00199. The van der Waals surface area contributed by atoms with Crippen LogP contribution in [0.25, 0.3) is 0 Å². The maximum Gasteiger partial charge on any atom is 0.188 e. The summed E-state index contributed by atoms with van der Waals surface area (Å²) in [7, 11) is 0. The van der Waals surface area contributed by atoms with Gasteiger partial charge in [0.15, 0.2) is 6.23 Å². The predicted molar refractivity (Wildman–Crippen MR) is 101 cm³/mol. The van der Waals surface area contributed by atoms with Gasteiger partial charge in [-0.05, 0) is 35.8 Å². The second-order valence-corrected chi connectivity index (χ2v) is 7.47. The molecule has 24 heavy (non-hydrogen) atoms. The van der Waals surface area contributed by atoms with Crippen molar-refractivity contribution in [1.29, 1.82) is 0 Å². The third-order valence-corrected chi connectivity index (χ3v) is 5.42. The first-order valence-electron chi connectivity index (χ1n) is 8.12. The van der Waals surface area contributed by atoms with E-state index in [-0.39, 0.29) is 12.3 Å². The number of fused-ring (bicyclic) bond motifs is 3. The Hall–Kier alpha value is -1.65. The number of hydrogen-bond donors (Lipinski definition) is 0. The number of halogens is 1. The lowest BCUT2D eigenvalue weighted by Crippen LogP contribution is -2.40. The zero-order valence-corrected chi connectivity index (χ0v) is 15.1. The molecule has 2 aromatic rings. The molecular formula is C19H19ClN2OS. The Morgan fingerprint density at radius 2 is 2.00 bits per heavy atom. The summed E-state index contributed by atoms with van der Waals surface area (Å²) in [6, 6.07) is 16.5. The highest BCUT2D eigenvalue weighted by atomic mass is 35.5. The fraction of sp³-hybridized carbons (Fsp3) is 0.316. The van der Waals surface area contributed by atoms with Crippen LogP contribution in [-0.2, 0) is 0 Å². The number of para-hydroxylation sites is 1. The van der Waals surface area contributed by atoms with Gasteiger partial charge in [0.2, 0.25) is 0 Å². The molecule has 0 fully saturated rings. The Morgan fingerprint density at radius 3 is 2.79 bits per heavy atom. The van der Waals surface area contributed by atoms with Crippen molar-refractivity contribution in [3.63, 3.8) is 0 Å². The summed E-state index contributed by atoms with van der Waals surface area (Å²) >= 11 is 7.85. The van der Waals surface area contributed by atoms with E-state index >= 15 is 0 Å². The zero-order valence-electron chi connectivity index (χ0n) is 13.5. The van der Waals surface area contributed by atoms with Crippen LogP contribution in [0.1, 0.15) is 30.0 Å². The van der Waals surface area contributed by atoms with Gasteiger partial charge in [-0.15, -0.1) is 0 Å². The molecule has 0 bridgehead atoms. The fourth-order valence-corrected chi connectivity index (χ4v) is 3.90. The van der Waals surface area contributed by atoms with Gasteiger partial charge in [0.25, 0.3) is 0 Å². The van der Waals surface area contributed by atoms with Crippen LogP contribution in [0, 0.1) is 0 Å². The highest BCUT2D eigenvalue weighted by Gasteiger charge is 2.39. The van der Waals surface area contributed by atoms with Gasteiger partial charge in [-0.1, -0.05) is 41.9 Å². The average Bonchev–Trinajstić information content (AvgIpc) is 3.06. The van der Waals surface area contributed by atoms with Crippen LogP contribution < -0.4 is 4.74 Å². The number of benzene rings is 2. The molecule has 0 N–H and O–H groups in total. The van der Waals surface area contributed by atoms with Gasteiger partial charge < -0.3 is 4.74 Å². The molecule has 2 aliphatic heterocycles. The van der Waals surface area contributed by atoms with Crippen molar-refractivity contribution in [3.05, 3.63) is 64.7 Å². The maximum absolute atomic E-state index is 6.24. The molecule has 0 aliphatic carbocycles. The number of thioether (sulfide) groups is 1. The maximum atomic E-state index is 6.24. The molecule has 5 heteroatoms. The van der Waals surface area contributed by atoms with E-state index in [4.69, 9.17) is 21.4 Å². The quantitative estimate of drug-likeness (QED) is 0.772. The molecule has 0 amide bonds. The second kappa shape index (κ2) is 6.69. The number of hydrazone groups is 1. The topological polar surface area (TPSA) is 24.8 Å². The fourth-order valence-electron chi connectivity index (χ4n) is 3.34. The van der Waals surface area contributed by atoms with Crippen LogP contribution in [0.5, 0.6) is 5.75 Å². The van der Waals surface area contributed by atoms with E-state index < -0.39 is 0 Å². The molecule has 2 aliphatic rings. The van der Waals surface area contributed by atoms with Crippen molar-refractivity contribution in [1.82, 2.24) is 5.01 Å². The molecule has 2 heterocycles. The predicted octanol–water partition coefficient (Wildman–Crippen LogP) is 4.96. The van der Waals surface area contributed by atoms with Gasteiger partial charge in [0.05, 0.1) is 11.8 Å². The van der Waals surface area contributed by atoms with Crippen molar-refractivity contribution in [3.8, 4) is 5.75 Å². The van der Waals surface area contributed by atoms with Crippen molar-refractivity contribution < 1.29 is 4.74 Å². The molecule has 2 aromatic carbocycles. The molecule has 0 unspecified atom stereocenters. The van der Waals surface area contributed by atoms with Crippen molar-refractivity contribution in [2.45, 2.75) is 25.1 Å². The smallest absolute Gasteiger partial charge is 0.188 e. The summed E-state index contributed by atoms with van der Waals surface area (Å²) in [4.78, 5) is 0. The molecule has 0 spiro atoms. The Morgan fingerprint density at radius 1 is 1.21 bits per heavy atom. The Labute approximate surface area is 151 Å². The summed E-state index contributed by atoms with van der Waals surface area (Å²) < 4.78 is 6.24. The number of nitrogens with zero attached hydrogens (tertiary/aromatic N) is 2. The Kier molecular flexibility index (Phi) is 4.42. The standard InChI is InChI=1S/C19H19ClN2OS/c1-24-11-10-19-22-17(15-4-2-3-5-18(15)23-19)12-16(21-22)13-6-8-14(20)9-7-13/h2-9,17,19H,10-12H2,1H3/t17-,19+/m0/s1. The third kappa shape index (κ3) is 2.89. The van der Waals surface area contributed by atoms with Crippen molar-refractivity contribution in [2.75, 3.05) is 12.0 Å². The van der Waals surface area contributed by atoms with Crippen LogP contribution in [-0.4, -0.2) is 29.0 Å². The van der Waals surface area contributed by atoms with Crippen LogP contribution in [0.2, 0.25) is 5.02 Å². The molecule has 4 rings (SSSR count). The van der Waals surface area contributed by atoms with E-state index in [1.807, 2.05) is 42.1 Å². The molecule has 0 saturated heterocycles. The lowest BCUT2D eigenvalue weighted by atomic mass is 9.96. The summed E-state index contributed by atoms with van der Waals surface area (Å²) in [5.41, 5.74) is 3.46. The normalized spacial score (nSPS) is 21.8. The van der Waals surface area contributed by atoms with E-state index in [9.17, 15) is 0 Å². The molecular weight excluding hydrogens is 340 g/mol. The Bertz CT molecular complexity index is 762. The summed E-state index contributed by atoms with van der Waals surface area (Å²) in [5, 5.41) is 7.82. The first kappa shape index (κ1) is 15.9. The first-order chi connectivity index (χ1) is 11.8. The largest absolute Gasteiger partial charge is 0.469 e. The monoisotopic (exact) mass is 358 g/mol. The van der Waals surface area contributed by atoms with Crippen molar-refractivity contribution >= 4 is 29.1 Å². The molecule has 0 radical (unpaired) electrons. The molecule has 2 atom stereocenters. The third-order valence-electron chi connectivity index (χ3n) is 4.52. The summed E-state index contributed by atoms with van der Waals surface area (Å²) in [6.07, 6.45) is 3.99. The molecule has 0 aromatic heterocycles. The van der Waals surface area contributed by atoms with Gasteiger partial charge in [-0.2, -0.15) is 16.9 Å².